The van der Waals surface area contributed by atoms with Gasteiger partial charge in [0.2, 0.25) is 0 Å². The molecule has 3 aromatic carbocycles. The highest BCUT2D eigenvalue weighted by Crippen LogP contribution is 2.44. The summed E-state index contributed by atoms with van der Waals surface area (Å²) in [5.74, 6) is 0.523. The van der Waals surface area contributed by atoms with Crippen LogP contribution >= 0.6 is 0 Å². The Kier molecular flexibility index (Phi) is 7.03. The van der Waals surface area contributed by atoms with Crippen molar-refractivity contribution in [1.82, 2.24) is 15.3 Å². The number of hydrogen-bond donors (Lipinski definition) is 2. The van der Waals surface area contributed by atoms with Crippen LogP contribution in [0.1, 0.15) is 56.1 Å². The van der Waals surface area contributed by atoms with Crippen LogP contribution in [0.5, 0.6) is 0 Å². The first-order chi connectivity index (χ1) is 20.0. The zero-order valence-corrected chi connectivity index (χ0v) is 24.5. The van der Waals surface area contributed by atoms with Crippen molar-refractivity contribution in [1.29, 1.82) is 0 Å². The van der Waals surface area contributed by atoms with Crippen molar-refractivity contribution in [3.8, 4) is 11.1 Å². The van der Waals surface area contributed by atoms with Crippen LogP contribution in [0, 0.1) is 6.92 Å². The summed E-state index contributed by atoms with van der Waals surface area (Å²) in [5.41, 5.74) is 5.38. The standard InChI is InChI=1S/C33H34BN3O5/c1-20-36-29-15-14-21(17-27(29)30(38)37-20)16-22(34-41-32(2,3)33(4,5)42-34)18-35-31(39)40-19-28-25-12-8-6-10-23(25)24-11-7-9-13-26(24)28/h6-17,28H,18-19H2,1-5H3,(H,35,39)(H,36,37,38). The normalized spacial score (nSPS) is 17.3. The van der Waals surface area contributed by atoms with Crippen LogP contribution in [-0.2, 0) is 14.0 Å². The van der Waals surface area contributed by atoms with Gasteiger partial charge in [-0.25, -0.2) is 9.78 Å². The van der Waals surface area contributed by atoms with E-state index in [0.717, 1.165) is 16.7 Å². The van der Waals surface area contributed by atoms with Gasteiger partial charge in [0.15, 0.2) is 0 Å². The lowest BCUT2D eigenvalue weighted by atomic mass is 9.77. The molecule has 0 spiro atoms. The monoisotopic (exact) mass is 563 g/mol. The highest BCUT2D eigenvalue weighted by molar-refractivity contribution is 6.56. The molecule has 0 bridgehead atoms. The Morgan fingerprint density at radius 1 is 1.00 bits per heavy atom. The molecule has 8 nitrogen and oxygen atoms in total. The summed E-state index contributed by atoms with van der Waals surface area (Å²) >= 11 is 0. The quantitative estimate of drug-likeness (QED) is 0.288. The summed E-state index contributed by atoms with van der Waals surface area (Å²) in [6, 6.07) is 21.9. The second-order valence-electron chi connectivity index (χ2n) is 11.9. The number of aryl methyl sites for hydroxylation is 1. The van der Waals surface area contributed by atoms with E-state index in [4.69, 9.17) is 14.0 Å². The number of benzene rings is 3. The van der Waals surface area contributed by atoms with E-state index < -0.39 is 24.4 Å². The summed E-state index contributed by atoms with van der Waals surface area (Å²) in [6.07, 6.45) is 1.35. The molecule has 1 aliphatic heterocycles. The number of rotatable bonds is 6. The minimum atomic E-state index is -0.700. The van der Waals surface area contributed by atoms with E-state index in [1.54, 1.807) is 13.0 Å². The van der Waals surface area contributed by atoms with E-state index in [9.17, 15) is 9.59 Å². The third-order valence-corrected chi connectivity index (χ3v) is 8.54. The van der Waals surface area contributed by atoms with Crippen molar-refractivity contribution in [2.24, 2.45) is 0 Å². The van der Waals surface area contributed by atoms with Gasteiger partial charge in [0, 0.05) is 12.5 Å². The molecular formula is C33H34BN3O5. The molecule has 1 fully saturated rings. The van der Waals surface area contributed by atoms with E-state index in [2.05, 4.69) is 39.6 Å². The van der Waals surface area contributed by atoms with Gasteiger partial charge in [0.25, 0.3) is 5.56 Å². The lowest BCUT2D eigenvalue weighted by Crippen LogP contribution is -2.41. The molecule has 2 N–H and O–H groups in total. The summed E-state index contributed by atoms with van der Waals surface area (Å²) in [5, 5.41) is 3.37. The highest BCUT2D eigenvalue weighted by Gasteiger charge is 2.52. The molecule has 4 aromatic rings. The topological polar surface area (TPSA) is 103 Å². The lowest BCUT2D eigenvalue weighted by Gasteiger charge is -2.32. The van der Waals surface area contributed by atoms with Crippen LogP contribution in [0.3, 0.4) is 0 Å². The molecule has 0 unspecified atom stereocenters. The van der Waals surface area contributed by atoms with E-state index in [1.807, 2.05) is 70.2 Å². The van der Waals surface area contributed by atoms with Gasteiger partial charge in [-0.1, -0.05) is 60.7 Å². The number of nitrogens with zero attached hydrogens (tertiary/aromatic N) is 1. The first-order valence-electron chi connectivity index (χ1n) is 14.2. The number of alkyl carbamates (subject to hydrolysis) is 1. The Morgan fingerprint density at radius 3 is 2.26 bits per heavy atom. The van der Waals surface area contributed by atoms with E-state index in [-0.39, 0.29) is 24.6 Å². The van der Waals surface area contributed by atoms with Gasteiger partial charge in [-0.15, -0.1) is 0 Å². The zero-order valence-electron chi connectivity index (χ0n) is 24.5. The van der Waals surface area contributed by atoms with Crippen molar-refractivity contribution in [2.45, 2.75) is 51.7 Å². The molecule has 2 heterocycles. The molecule has 0 radical (unpaired) electrons. The third-order valence-electron chi connectivity index (χ3n) is 8.54. The Labute approximate surface area is 245 Å². The zero-order chi connectivity index (χ0) is 29.6. The van der Waals surface area contributed by atoms with Gasteiger partial charge in [0.05, 0.1) is 22.1 Å². The molecule has 1 aliphatic carbocycles. The molecule has 42 heavy (non-hydrogen) atoms. The fourth-order valence-corrected chi connectivity index (χ4v) is 5.60. The van der Waals surface area contributed by atoms with Gasteiger partial charge in [-0.3, -0.25) is 4.79 Å². The predicted molar refractivity (Wildman–Crippen MR) is 164 cm³/mol. The van der Waals surface area contributed by atoms with Gasteiger partial charge >= 0.3 is 13.2 Å². The van der Waals surface area contributed by atoms with Crippen LogP contribution in [0.25, 0.3) is 28.1 Å². The summed E-state index contributed by atoms with van der Waals surface area (Å²) in [4.78, 5) is 32.7. The molecule has 9 heteroatoms. The van der Waals surface area contributed by atoms with Crippen LogP contribution in [0.2, 0.25) is 0 Å². The average Bonchev–Trinajstić information content (AvgIpc) is 3.38. The van der Waals surface area contributed by atoms with Gasteiger partial charge in [0.1, 0.15) is 12.4 Å². The van der Waals surface area contributed by atoms with Crippen molar-refractivity contribution in [3.05, 3.63) is 105 Å². The molecule has 0 atom stereocenters. The number of carbonyl (C=O) groups is 1. The van der Waals surface area contributed by atoms with Gasteiger partial charge < -0.3 is 24.3 Å². The SMILES string of the molecule is Cc1nc2ccc(C=C(CNC(=O)OCC3c4ccccc4-c4ccccc43)B3OC(C)(C)C(C)(C)O3)cc2c(=O)[nH]1. The van der Waals surface area contributed by atoms with Crippen molar-refractivity contribution < 1.29 is 18.8 Å². The van der Waals surface area contributed by atoms with Crippen LogP contribution in [0.15, 0.2) is 77.0 Å². The number of amides is 1. The summed E-state index contributed by atoms with van der Waals surface area (Å²) in [6.45, 7) is 10.0. The van der Waals surface area contributed by atoms with E-state index in [0.29, 0.717) is 22.2 Å². The maximum atomic E-state index is 13.0. The fourth-order valence-electron chi connectivity index (χ4n) is 5.60. The van der Waals surface area contributed by atoms with Crippen molar-refractivity contribution >= 4 is 30.2 Å². The van der Waals surface area contributed by atoms with Crippen molar-refractivity contribution in [2.75, 3.05) is 13.2 Å². The Bertz CT molecular complexity index is 1720. The highest BCUT2D eigenvalue weighted by atomic mass is 16.7. The fraction of sp³-hybridized carbons (Fsp3) is 0.303. The molecule has 2 aliphatic rings. The predicted octanol–water partition coefficient (Wildman–Crippen LogP) is 5.79. The van der Waals surface area contributed by atoms with Crippen molar-refractivity contribution in [3.63, 3.8) is 0 Å². The summed E-state index contributed by atoms with van der Waals surface area (Å²) < 4.78 is 18.4. The molecular weight excluding hydrogens is 529 g/mol. The van der Waals surface area contributed by atoms with Gasteiger partial charge in [-0.05, 0) is 80.0 Å². The Hall–Kier alpha value is -4.21. The molecule has 6 rings (SSSR count). The number of hydrogen-bond acceptors (Lipinski definition) is 6. The number of ether oxygens (including phenoxy) is 1. The minimum Gasteiger partial charge on any atom is -0.449 e. The first kappa shape index (κ1) is 27.9. The lowest BCUT2D eigenvalue weighted by molar-refractivity contribution is 0.00578. The second-order valence-corrected chi connectivity index (χ2v) is 11.9. The maximum absolute atomic E-state index is 13.0. The number of nitrogens with one attached hydrogen (secondary N) is 2. The maximum Gasteiger partial charge on any atom is 0.492 e. The number of carbonyl (C=O) groups excluding carboxylic acids is 1. The molecule has 214 valence electrons. The Balaban J connectivity index is 1.22. The van der Waals surface area contributed by atoms with Gasteiger partial charge in [-0.2, -0.15) is 0 Å². The minimum absolute atomic E-state index is 0.0332. The molecule has 1 amide bonds. The number of H-pyrrole nitrogens is 1. The van der Waals surface area contributed by atoms with Crippen LogP contribution in [-0.4, -0.2) is 47.5 Å². The smallest absolute Gasteiger partial charge is 0.449 e. The second kappa shape index (κ2) is 10.6. The molecule has 0 saturated carbocycles. The molecule has 1 aromatic heterocycles. The molecule has 1 saturated heterocycles. The summed E-state index contributed by atoms with van der Waals surface area (Å²) in [7, 11) is -0.700. The number of aromatic nitrogens is 2. The third kappa shape index (κ3) is 5.14. The first-order valence-corrected chi connectivity index (χ1v) is 14.2. The van der Waals surface area contributed by atoms with E-state index in [1.165, 1.54) is 11.1 Å². The Morgan fingerprint density at radius 2 is 1.62 bits per heavy atom. The number of aromatic amines is 1. The van der Waals surface area contributed by atoms with Crippen LogP contribution in [0.4, 0.5) is 4.79 Å². The number of fused-ring (bicyclic) bond motifs is 4. The average molecular weight is 563 g/mol. The van der Waals surface area contributed by atoms with E-state index >= 15 is 0 Å². The largest absolute Gasteiger partial charge is 0.492 e. The van der Waals surface area contributed by atoms with Crippen LogP contribution < -0.4 is 10.9 Å².